The van der Waals surface area contributed by atoms with Gasteiger partial charge in [-0.3, -0.25) is 0 Å². The average Bonchev–Trinajstić information content (AvgIpc) is 3.09. The van der Waals surface area contributed by atoms with Crippen molar-refractivity contribution in [2.75, 3.05) is 12.3 Å². The summed E-state index contributed by atoms with van der Waals surface area (Å²) in [5.74, 6) is -3.94. The number of nitrogen functional groups attached to an aromatic ring is 1. The highest BCUT2D eigenvalue weighted by Crippen LogP contribution is 2.19. The molecule has 28 heavy (non-hydrogen) atoms. The van der Waals surface area contributed by atoms with Crippen molar-refractivity contribution in [3.8, 4) is 0 Å². The molecule has 0 amide bonds. The van der Waals surface area contributed by atoms with Gasteiger partial charge in [0.05, 0.1) is 23.4 Å². The smallest absolute Gasteiger partial charge is 0.341 e. The SMILES string of the molecule is Nc1ncnc2c1ncn2CCCOC(=O)c1ccc(S(=O)(=O)C(F)F)cc1. The predicted octanol–water partition coefficient (Wildman–Crippen LogP) is 1.65. The number of hydrogen-bond donors (Lipinski definition) is 1. The van der Waals surface area contributed by atoms with Crippen molar-refractivity contribution in [3.63, 3.8) is 0 Å². The minimum absolute atomic E-state index is 0.0572. The van der Waals surface area contributed by atoms with Gasteiger partial charge in [-0.15, -0.1) is 0 Å². The highest BCUT2D eigenvalue weighted by atomic mass is 32.2. The zero-order valence-corrected chi connectivity index (χ0v) is 15.1. The molecule has 2 aromatic heterocycles. The maximum absolute atomic E-state index is 12.5. The van der Waals surface area contributed by atoms with E-state index >= 15 is 0 Å². The molecule has 0 fully saturated rings. The Hall–Kier alpha value is -3.15. The van der Waals surface area contributed by atoms with Crippen LogP contribution in [0.15, 0.2) is 41.8 Å². The Kier molecular flexibility index (Phi) is 5.49. The highest BCUT2D eigenvalue weighted by Gasteiger charge is 2.26. The van der Waals surface area contributed by atoms with Crippen LogP contribution in [0.3, 0.4) is 0 Å². The van der Waals surface area contributed by atoms with E-state index < -0.39 is 26.5 Å². The Morgan fingerprint density at radius 3 is 2.57 bits per heavy atom. The normalized spacial score (nSPS) is 11.8. The van der Waals surface area contributed by atoms with Crippen molar-refractivity contribution in [1.29, 1.82) is 0 Å². The Morgan fingerprint density at radius 2 is 1.89 bits per heavy atom. The van der Waals surface area contributed by atoms with E-state index in [1.54, 1.807) is 10.9 Å². The molecule has 3 aromatic rings. The molecule has 0 atom stereocenters. The summed E-state index contributed by atoms with van der Waals surface area (Å²) < 4.78 is 54.6. The number of halogens is 2. The number of benzene rings is 1. The summed E-state index contributed by atoms with van der Waals surface area (Å²) in [6, 6.07) is 4.14. The fourth-order valence-electron chi connectivity index (χ4n) is 2.43. The van der Waals surface area contributed by atoms with Crippen LogP contribution in [-0.4, -0.2) is 46.3 Å². The standard InChI is InChI=1S/C16H15F2N5O4S/c17-16(18)28(25,26)11-4-2-10(3-5-11)15(24)27-7-1-6-23-9-22-12-13(19)20-8-21-14(12)23/h2-5,8-9,16H,1,6-7H2,(H2,19,20,21). The number of ether oxygens (including phenoxy) is 1. The van der Waals surface area contributed by atoms with Gasteiger partial charge in [-0.05, 0) is 30.7 Å². The minimum Gasteiger partial charge on any atom is -0.462 e. The van der Waals surface area contributed by atoms with Crippen molar-refractivity contribution < 1.29 is 26.7 Å². The number of alkyl halides is 2. The molecule has 9 nitrogen and oxygen atoms in total. The van der Waals surface area contributed by atoms with Gasteiger partial charge in [0.1, 0.15) is 11.8 Å². The second-order valence-electron chi connectivity index (χ2n) is 5.69. The molecule has 2 N–H and O–H groups in total. The van der Waals surface area contributed by atoms with Gasteiger partial charge in [0.15, 0.2) is 11.5 Å². The predicted molar refractivity (Wildman–Crippen MR) is 94.3 cm³/mol. The van der Waals surface area contributed by atoms with E-state index in [-0.39, 0.29) is 18.0 Å². The van der Waals surface area contributed by atoms with Gasteiger partial charge in [-0.25, -0.2) is 28.2 Å². The lowest BCUT2D eigenvalue weighted by molar-refractivity contribution is 0.0496. The van der Waals surface area contributed by atoms with Crippen molar-refractivity contribution in [2.45, 2.75) is 23.6 Å². The van der Waals surface area contributed by atoms with E-state index in [2.05, 4.69) is 15.0 Å². The molecule has 0 radical (unpaired) electrons. The number of aryl methyl sites for hydroxylation is 1. The van der Waals surface area contributed by atoms with Gasteiger partial charge in [0.2, 0.25) is 9.84 Å². The molecule has 1 aromatic carbocycles. The van der Waals surface area contributed by atoms with Gasteiger partial charge in [0, 0.05) is 6.54 Å². The number of rotatable bonds is 7. The molecule has 0 unspecified atom stereocenters. The average molecular weight is 411 g/mol. The Labute approximate surface area is 158 Å². The maximum Gasteiger partial charge on any atom is 0.341 e. The molecule has 0 aliphatic carbocycles. The second-order valence-corrected chi connectivity index (χ2v) is 7.61. The fraction of sp³-hybridized carbons (Fsp3) is 0.250. The van der Waals surface area contributed by atoms with E-state index in [9.17, 15) is 22.0 Å². The first-order valence-corrected chi connectivity index (χ1v) is 9.56. The number of hydrogen-bond acceptors (Lipinski definition) is 8. The fourth-order valence-corrected chi connectivity index (χ4v) is 3.15. The summed E-state index contributed by atoms with van der Waals surface area (Å²) >= 11 is 0. The van der Waals surface area contributed by atoms with Crippen LogP contribution in [0.25, 0.3) is 11.2 Å². The van der Waals surface area contributed by atoms with Crippen molar-refractivity contribution in [1.82, 2.24) is 19.5 Å². The molecule has 0 bridgehead atoms. The molecular weight excluding hydrogens is 396 g/mol. The van der Waals surface area contributed by atoms with E-state index in [0.29, 0.717) is 24.1 Å². The molecule has 3 rings (SSSR count). The Balaban J connectivity index is 1.55. The zero-order chi connectivity index (χ0) is 20.3. The first-order chi connectivity index (χ1) is 13.3. The number of carbonyl (C=O) groups is 1. The summed E-state index contributed by atoms with van der Waals surface area (Å²) in [5, 5.41) is 0. The van der Waals surface area contributed by atoms with E-state index in [1.807, 2.05) is 0 Å². The van der Waals surface area contributed by atoms with Crippen LogP contribution in [0.1, 0.15) is 16.8 Å². The molecule has 0 aliphatic rings. The molecule has 12 heteroatoms. The topological polar surface area (TPSA) is 130 Å². The molecular formula is C16H15F2N5O4S. The number of aromatic nitrogens is 4. The largest absolute Gasteiger partial charge is 0.462 e. The van der Waals surface area contributed by atoms with Crippen molar-refractivity contribution in [2.24, 2.45) is 0 Å². The Bertz CT molecular complexity index is 1100. The number of anilines is 1. The Morgan fingerprint density at radius 1 is 1.18 bits per heavy atom. The summed E-state index contributed by atoms with van der Waals surface area (Å²) in [4.78, 5) is 23.5. The van der Waals surface area contributed by atoms with Crippen LogP contribution < -0.4 is 5.73 Å². The van der Waals surface area contributed by atoms with Gasteiger partial charge in [0.25, 0.3) is 0 Å². The molecule has 2 heterocycles. The van der Waals surface area contributed by atoms with E-state index in [1.165, 1.54) is 6.33 Å². The summed E-state index contributed by atoms with van der Waals surface area (Å²) in [6.07, 6.45) is 3.34. The quantitative estimate of drug-likeness (QED) is 0.459. The third kappa shape index (κ3) is 3.91. The zero-order valence-electron chi connectivity index (χ0n) is 14.3. The van der Waals surface area contributed by atoms with E-state index in [0.717, 1.165) is 24.3 Å². The lowest BCUT2D eigenvalue weighted by atomic mass is 10.2. The monoisotopic (exact) mass is 411 g/mol. The van der Waals surface area contributed by atoms with Gasteiger partial charge in [-0.1, -0.05) is 0 Å². The third-order valence-electron chi connectivity index (χ3n) is 3.86. The van der Waals surface area contributed by atoms with Crippen molar-refractivity contribution in [3.05, 3.63) is 42.5 Å². The first-order valence-electron chi connectivity index (χ1n) is 8.01. The van der Waals surface area contributed by atoms with Crippen LogP contribution in [0.2, 0.25) is 0 Å². The highest BCUT2D eigenvalue weighted by molar-refractivity contribution is 7.91. The molecule has 148 valence electrons. The maximum atomic E-state index is 12.5. The summed E-state index contributed by atoms with van der Waals surface area (Å²) in [6.45, 7) is 0.544. The third-order valence-corrected chi connectivity index (χ3v) is 5.26. The van der Waals surface area contributed by atoms with Crippen LogP contribution in [0.5, 0.6) is 0 Å². The van der Waals surface area contributed by atoms with E-state index in [4.69, 9.17) is 10.5 Å². The molecule has 0 aliphatic heterocycles. The number of nitrogens with two attached hydrogens (primary N) is 1. The number of sulfone groups is 1. The number of carbonyl (C=O) groups excluding carboxylic acids is 1. The molecule has 0 saturated heterocycles. The van der Waals surface area contributed by atoms with Crippen LogP contribution in [0, 0.1) is 0 Å². The lowest BCUT2D eigenvalue weighted by Gasteiger charge is -2.07. The van der Waals surface area contributed by atoms with Crippen LogP contribution >= 0.6 is 0 Å². The van der Waals surface area contributed by atoms with Crippen LogP contribution in [-0.2, 0) is 21.1 Å². The van der Waals surface area contributed by atoms with Gasteiger partial charge in [-0.2, -0.15) is 8.78 Å². The lowest BCUT2D eigenvalue weighted by Crippen LogP contribution is -2.12. The number of nitrogens with zero attached hydrogens (tertiary/aromatic N) is 4. The van der Waals surface area contributed by atoms with Crippen LogP contribution in [0.4, 0.5) is 14.6 Å². The van der Waals surface area contributed by atoms with Gasteiger partial charge >= 0.3 is 11.7 Å². The second kappa shape index (κ2) is 7.84. The first kappa shape index (κ1) is 19.6. The molecule has 0 spiro atoms. The number of fused-ring (bicyclic) bond motifs is 1. The van der Waals surface area contributed by atoms with Gasteiger partial charge < -0.3 is 15.0 Å². The number of esters is 1. The summed E-state index contributed by atoms with van der Waals surface area (Å²) in [5.41, 5.74) is 6.81. The van der Waals surface area contributed by atoms with Crippen molar-refractivity contribution >= 4 is 32.8 Å². The minimum atomic E-state index is -4.70. The summed E-state index contributed by atoms with van der Waals surface area (Å²) in [7, 11) is -4.70. The molecule has 0 saturated carbocycles. The number of imidazole rings is 1.